The van der Waals surface area contributed by atoms with Crippen LogP contribution in [-0.2, 0) is 10.0 Å². The smallest absolute Gasteiger partial charge is 0.261 e. The summed E-state index contributed by atoms with van der Waals surface area (Å²) in [5.74, 6) is 0. The minimum atomic E-state index is -3.58. The second-order valence-electron chi connectivity index (χ2n) is 5.65. The van der Waals surface area contributed by atoms with E-state index in [9.17, 15) is 8.42 Å². The fourth-order valence-electron chi connectivity index (χ4n) is 2.56. The van der Waals surface area contributed by atoms with Crippen LogP contribution in [0, 0.1) is 6.92 Å². The van der Waals surface area contributed by atoms with E-state index in [0.717, 1.165) is 21.9 Å². The first-order valence-corrected chi connectivity index (χ1v) is 10.0. The molecule has 7 heteroatoms. The molecule has 0 fully saturated rings. The maximum absolute atomic E-state index is 12.4. The Labute approximate surface area is 149 Å². The minimum absolute atomic E-state index is 0.240. The third-order valence-corrected chi connectivity index (χ3v) is 6.23. The molecule has 0 aliphatic carbocycles. The van der Waals surface area contributed by atoms with Gasteiger partial charge in [-0.15, -0.1) is 11.3 Å². The molecule has 5 nitrogen and oxygen atoms in total. The van der Waals surface area contributed by atoms with Crippen LogP contribution in [-0.4, -0.2) is 17.8 Å². The van der Waals surface area contributed by atoms with Crippen molar-refractivity contribution in [2.75, 3.05) is 4.72 Å². The van der Waals surface area contributed by atoms with Crippen LogP contribution in [0.5, 0.6) is 0 Å². The van der Waals surface area contributed by atoms with Crippen LogP contribution in [0.2, 0.25) is 0 Å². The van der Waals surface area contributed by atoms with Gasteiger partial charge in [-0.1, -0.05) is 30.3 Å². The van der Waals surface area contributed by atoms with Gasteiger partial charge in [-0.25, -0.2) is 13.4 Å². The number of nitrogens with one attached hydrogen (secondary N) is 1. The molecule has 0 atom stereocenters. The van der Waals surface area contributed by atoms with Gasteiger partial charge in [0, 0.05) is 28.5 Å². The zero-order valence-corrected chi connectivity index (χ0v) is 15.0. The zero-order chi connectivity index (χ0) is 17.4. The third-order valence-electron chi connectivity index (χ3n) is 3.87. The quantitative estimate of drug-likeness (QED) is 0.587. The van der Waals surface area contributed by atoms with Crippen LogP contribution >= 0.6 is 11.3 Å². The predicted octanol–water partition coefficient (Wildman–Crippen LogP) is 4.17. The number of nitrogens with zero attached hydrogens (tertiary/aromatic N) is 2. The molecule has 0 saturated heterocycles. The van der Waals surface area contributed by atoms with E-state index in [1.165, 1.54) is 0 Å². The Morgan fingerprint density at radius 1 is 1.04 bits per heavy atom. The maximum atomic E-state index is 12.4. The molecule has 126 valence electrons. The minimum Gasteiger partial charge on any atom is -0.294 e. The number of imidazole rings is 1. The molecule has 0 aliphatic heterocycles. The molecule has 0 amide bonds. The topological polar surface area (TPSA) is 63.5 Å². The summed E-state index contributed by atoms with van der Waals surface area (Å²) >= 11 is 1.60. The van der Waals surface area contributed by atoms with Crippen molar-refractivity contribution in [1.82, 2.24) is 9.38 Å². The molecule has 0 saturated carbocycles. The van der Waals surface area contributed by atoms with Crippen LogP contribution in [0.25, 0.3) is 16.2 Å². The van der Waals surface area contributed by atoms with Crippen molar-refractivity contribution in [3.8, 4) is 11.3 Å². The van der Waals surface area contributed by atoms with Gasteiger partial charge in [0.05, 0.1) is 10.6 Å². The molecular weight excluding hydrogens is 354 g/mol. The number of benzene rings is 2. The molecule has 2 heterocycles. The van der Waals surface area contributed by atoms with Crippen LogP contribution in [0.15, 0.2) is 71.1 Å². The summed E-state index contributed by atoms with van der Waals surface area (Å²) < 4.78 is 29.3. The molecule has 0 aliphatic rings. The Morgan fingerprint density at radius 3 is 2.44 bits per heavy atom. The van der Waals surface area contributed by atoms with E-state index in [1.54, 1.807) is 53.8 Å². The molecule has 0 radical (unpaired) electrons. The van der Waals surface area contributed by atoms with E-state index in [4.69, 9.17) is 0 Å². The lowest BCUT2D eigenvalue weighted by Crippen LogP contribution is -2.12. The van der Waals surface area contributed by atoms with Gasteiger partial charge in [0.1, 0.15) is 0 Å². The van der Waals surface area contributed by atoms with Gasteiger partial charge in [0.15, 0.2) is 4.96 Å². The number of thiazole rings is 1. The number of rotatable bonds is 4. The SMILES string of the molecule is Cc1csc2nc(-c3ccc(NS(=O)(=O)c4ccccc4)cc3)cn12. The summed E-state index contributed by atoms with van der Waals surface area (Å²) in [5.41, 5.74) is 3.47. The highest BCUT2D eigenvalue weighted by Gasteiger charge is 2.13. The number of anilines is 1. The maximum Gasteiger partial charge on any atom is 0.261 e. The number of aromatic nitrogens is 2. The molecule has 25 heavy (non-hydrogen) atoms. The Hall–Kier alpha value is -2.64. The van der Waals surface area contributed by atoms with Gasteiger partial charge in [-0.3, -0.25) is 9.12 Å². The van der Waals surface area contributed by atoms with Crippen LogP contribution in [0.1, 0.15) is 5.69 Å². The second-order valence-corrected chi connectivity index (χ2v) is 8.17. The number of aryl methyl sites for hydroxylation is 1. The van der Waals surface area contributed by atoms with Crippen LogP contribution < -0.4 is 4.72 Å². The monoisotopic (exact) mass is 369 g/mol. The van der Waals surface area contributed by atoms with Gasteiger partial charge >= 0.3 is 0 Å². The number of hydrogen-bond acceptors (Lipinski definition) is 4. The molecule has 1 N–H and O–H groups in total. The Morgan fingerprint density at radius 2 is 1.76 bits per heavy atom. The highest BCUT2D eigenvalue weighted by molar-refractivity contribution is 7.92. The van der Waals surface area contributed by atoms with Crippen molar-refractivity contribution in [3.63, 3.8) is 0 Å². The van der Waals surface area contributed by atoms with E-state index in [0.29, 0.717) is 5.69 Å². The Kier molecular flexibility index (Phi) is 3.82. The first-order chi connectivity index (χ1) is 12.0. The second kappa shape index (κ2) is 6.02. The zero-order valence-electron chi connectivity index (χ0n) is 13.4. The fourth-order valence-corrected chi connectivity index (χ4v) is 4.49. The molecule has 0 unspecified atom stereocenters. The summed E-state index contributed by atoms with van der Waals surface area (Å²) in [4.78, 5) is 5.78. The van der Waals surface area contributed by atoms with Crippen molar-refractivity contribution in [3.05, 3.63) is 71.9 Å². The molecular formula is C18H15N3O2S2. The molecule has 2 aromatic heterocycles. The van der Waals surface area contributed by atoms with Gasteiger partial charge < -0.3 is 0 Å². The largest absolute Gasteiger partial charge is 0.294 e. The standard InChI is InChI=1S/C18H15N3O2S2/c1-13-12-24-18-19-17(11-21(13)18)14-7-9-15(10-8-14)20-25(22,23)16-5-3-2-4-6-16/h2-12,20H,1H3. The van der Waals surface area contributed by atoms with Gasteiger partial charge in [-0.2, -0.15) is 0 Å². The fraction of sp³-hybridized carbons (Fsp3) is 0.0556. The average Bonchev–Trinajstić information content (AvgIpc) is 3.18. The Balaban J connectivity index is 1.59. The first kappa shape index (κ1) is 15.9. The molecule has 4 aromatic rings. The van der Waals surface area contributed by atoms with E-state index in [1.807, 2.05) is 29.7 Å². The van der Waals surface area contributed by atoms with Crippen molar-refractivity contribution < 1.29 is 8.42 Å². The lowest BCUT2D eigenvalue weighted by molar-refractivity contribution is 0.601. The Bertz CT molecular complexity index is 1130. The molecule has 2 aromatic carbocycles. The van der Waals surface area contributed by atoms with Crippen molar-refractivity contribution in [2.45, 2.75) is 11.8 Å². The molecule has 4 rings (SSSR count). The summed E-state index contributed by atoms with van der Waals surface area (Å²) in [5, 5.41) is 2.06. The van der Waals surface area contributed by atoms with Gasteiger partial charge in [0.2, 0.25) is 0 Å². The summed E-state index contributed by atoms with van der Waals surface area (Å²) in [6, 6.07) is 15.5. The van der Waals surface area contributed by atoms with Crippen LogP contribution in [0.3, 0.4) is 0 Å². The van der Waals surface area contributed by atoms with Crippen molar-refractivity contribution in [1.29, 1.82) is 0 Å². The predicted molar refractivity (Wildman–Crippen MR) is 100 cm³/mol. The molecule has 0 bridgehead atoms. The summed E-state index contributed by atoms with van der Waals surface area (Å²) in [7, 11) is -3.58. The third kappa shape index (κ3) is 3.04. The van der Waals surface area contributed by atoms with E-state index in [2.05, 4.69) is 15.1 Å². The normalized spacial score (nSPS) is 11.7. The highest BCUT2D eigenvalue weighted by atomic mass is 32.2. The van der Waals surface area contributed by atoms with E-state index in [-0.39, 0.29) is 4.90 Å². The van der Waals surface area contributed by atoms with E-state index < -0.39 is 10.0 Å². The first-order valence-electron chi connectivity index (χ1n) is 7.64. The number of sulfonamides is 1. The van der Waals surface area contributed by atoms with Crippen molar-refractivity contribution >= 4 is 32.0 Å². The number of fused-ring (bicyclic) bond motifs is 1. The van der Waals surface area contributed by atoms with Crippen molar-refractivity contribution in [2.24, 2.45) is 0 Å². The van der Waals surface area contributed by atoms with Crippen LogP contribution in [0.4, 0.5) is 5.69 Å². The average molecular weight is 369 g/mol. The van der Waals surface area contributed by atoms with Gasteiger partial charge in [-0.05, 0) is 31.2 Å². The highest BCUT2D eigenvalue weighted by Crippen LogP contribution is 2.25. The number of hydrogen-bond donors (Lipinski definition) is 1. The van der Waals surface area contributed by atoms with E-state index >= 15 is 0 Å². The lowest BCUT2D eigenvalue weighted by Gasteiger charge is -2.08. The molecule has 0 spiro atoms. The summed E-state index contributed by atoms with van der Waals surface area (Å²) in [6.45, 7) is 2.04. The lowest BCUT2D eigenvalue weighted by atomic mass is 10.1. The van der Waals surface area contributed by atoms with Gasteiger partial charge in [0.25, 0.3) is 10.0 Å². The summed E-state index contributed by atoms with van der Waals surface area (Å²) in [6.07, 6.45) is 1.99.